The first-order valence-corrected chi connectivity index (χ1v) is 10.5. The number of aromatic nitrogens is 3. The van der Waals surface area contributed by atoms with Crippen LogP contribution in [-0.4, -0.2) is 14.8 Å². The van der Waals surface area contributed by atoms with Crippen LogP contribution < -0.4 is 10.1 Å². The first-order chi connectivity index (χ1) is 14.7. The number of hydrogen-bond acceptors (Lipinski definition) is 5. The Morgan fingerprint density at radius 1 is 1.13 bits per heavy atom. The minimum absolute atomic E-state index is 0.280. The van der Waals surface area contributed by atoms with Crippen molar-refractivity contribution in [1.29, 1.82) is 0 Å². The fourth-order valence-electron chi connectivity index (χ4n) is 4.26. The van der Waals surface area contributed by atoms with Crippen molar-refractivity contribution in [3.8, 4) is 5.75 Å². The average Bonchev–Trinajstić information content (AvgIpc) is 3.44. The van der Waals surface area contributed by atoms with Crippen LogP contribution in [0.25, 0.3) is 5.70 Å². The third-order valence-corrected chi connectivity index (χ3v) is 6.49. The predicted molar refractivity (Wildman–Crippen MR) is 114 cm³/mol. The van der Waals surface area contributed by atoms with Crippen LogP contribution in [0.15, 0.2) is 71.9 Å². The van der Waals surface area contributed by atoms with Crippen molar-refractivity contribution >= 4 is 23.0 Å². The molecule has 0 spiro atoms. The summed E-state index contributed by atoms with van der Waals surface area (Å²) in [5.41, 5.74) is 4.45. The molecule has 7 heteroatoms. The number of nitrogens with zero attached hydrogens (tertiary/aromatic N) is 3. The summed E-state index contributed by atoms with van der Waals surface area (Å²) in [6.45, 7) is 2.05. The SMILES string of the molecule is Cc1ccc2c(c1)C1=C([C@H](c3cccs3)O2)[C@@H](c2ccccc2F)n2ncnc2N1. The van der Waals surface area contributed by atoms with Crippen LogP contribution in [0.1, 0.15) is 33.7 Å². The standard InChI is InChI=1S/C23H17FN4OS/c1-13-8-9-17-15(11-13)20-19(22(29-17)18-7-4-10-30-18)21(14-5-2-3-6-16(14)24)28-23(27-20)25-12-26-28/h2-12,21-22H,1H3,(H,25,26,27)/t21-,22+/m1/s1. The van der Waals surface area contributed by atoms with Crippen LogP contribution in [0.5, 0.6) is 5.75 Å². The number of benzene rings is 2. The highest BCUT2D eigenvalue weighted by atomic mass is 32.1. The van der Waals surface area contributed by atoms with Crippen molar-refractivity contribution in [1.82, 2.24) is 14.8 Å². The lowest BCUT2D eigenvalue weighted by atomic mass is 9.86. The van der Waals surface area contributed by atoms with Crippen molar-refractivity contribution in [3.05, 3.63) is 99.3 Å². The van der Waals surface area contributed by atoms with Gasteiger partial charge < -0.3 is 10.1 Å². The third-order valence-electron chi connectivity index (χ3n) is 5.57. The van der Waals surface area contributed by atoms with Gasteiger partial charge in [-0.25, -0.2) is 9.07 Å². The molecule has 2 atom stereocenters. The minimum Gasteiger partial charge on any atom is -0.480 e. The van der Waals surface area contributed by atoms with Crippen molar-refractivity contribution < 1.29 is 9.13 Å². The Morgan fingerprint density at radius 3 is 2.87 bits per heavy atom. The molecule has 2 aliphatic heterocycles. The Labute approximate surface area is 176 Å². The van der Waals surface area contributed by atoms with Crippen molar-refractivity contribution in [2.75, 3.05) is 5.32 Å². The van der Waals surface area contributed by atoms with Crippen molar-refractivity contribution in [3.63, 3.8) is 0 Å². The zero-order valence-electron chi connectivity index (χ0n) is 16.0. The molecule has 2 aliphatic rings. The number of hydrogen-bond donors (Lipinski definition) is 1. The summed E-state index contributed by atoms with van der Waals surface area (Å²) < 4.78 is 23.3. The smallest absolute Gasteiger partial charge is 0.226 e. The molecule has 0 radical (unpaired) electrons. The number of thiophene rings is 1. The van der Waals surface area contributed by atoms with Crippen molar-refractivity contribution in [2.24, 2.45) is 0 Å². The van der Waals surface area contributed by atoms with E-state index in [1.807, 2.05) is 36.6 Å². The number of ether oxygens (including phenoxy) is 1. The average molecular weight is 416 g/mol. The molecule has 5 nitrogen and oxygen atoms in total. The Balaban J connectivity index is 1.67. The minimum atomic E-state index is -0.472. The normalized spacial score (nSPS) is 19.4. The number of halogens is 1. The second-order valence-electron chi connectivity index (χ2n) is 7.42. The van der Waals surface area contributed by atoms with Crippen molar-refractivity contribution in [2.45, 2.75) is 19.1 Å². The molecule has 0 bridgehead atoms. The van der Waals surface area contributed by atoms with Gasteiger partial charge in [-0.2, -0.15) is 10.1 Å². The van der Waals surface area contributed by atoms with E-state index in [4.69, 9.17) is 4.74 Å². The van der Waals surface area contributed by atoms with E-state index in [0.29, 0.717) is 11.5 Å². The number of aryl methyl sites for hydroxylation is 1. The van der Waals surface area contributed by atoms with Crippen LogP contribution in [0.3, 0.4) is 0 Å². The van der Waals surface area contributed by atoms with Crippen LogP contribution >= 0.6 is 11.3 Å². The topological polar surface area (TPSA) is 52.0 Å². The maximum atomic E-state index is 15.0. The van der Waals surface area contributed by atoms with Gasteiger partial charge in [0.15, 0.2) is 6.10 Å². The van der Waals surface area contributed by atoms with Gasteiger partial charge in [-0.15, -0.1) is 11.3 Å². The zero-order chi connectivity index (χ0) is 20.2. The number of anilines is 1. The Hall–Kier alpha value is -3.45. The molecule has 0 saturated carbocycles. The highest BCUT2D eigenvalue weighted by Crippen LogP contribution is 2.51. The van der Waals surface area contributed by atoms with Gasteiger partial charge in [-0.1, -0.05) is 35.9 Å². The number of nitrogens with one attached hydrogen (secondary N) is 1. The summed E-state index contributed by atoms with van der Waals surface area (Å²) in [6.07, 6.45) is 1.14. The molecule has 2 aromatic carbocycles. The van der Waals surface area contributed by atoms with Gasteiger partial charge in [0, 0.05) is 21.6 Å². The molecule has 0 saturated heterocycles. The molecule has 2 aromatic heterocycles. The first kappa shape index (κ1) is 17.4. The molecule has 4 aromatic rings. The number of fused-ring (bicyclic) bond motifs is 3. The maximum Gasteiger partial charge on any atom is 0.226 e. The quantitative estimate of drug-likeness (QED) is 0.479. The van der Waals surface area contributed by atoms with E-state index >= 15 is 4.39 Å². The zero-order valence-corrected chi connectivity index (χ0v) is 16.9. The van der Waals surface area contributed by atoms with Gasteiger partial charge in [0.2, 0.25) is 5.95 Å². The lowest BCUT2D eigenvalue weighted by Crippen LogP contribution is -2.32. The molecule has 6 rings (SSSR count). The van der Waals surface area contributed by atoms with Gasteiger partial charge in [-0.3, -0.25) is 0 Å². The molecule has 30 heavy (non-hydrogen) atoms. The molecule has 1 N–H and O–H groups in total. The summed E-state index contributed by atoms with van der Waals surface area (Å²) in [5, 5.41) is 9.90. The van der Waals surface area contributed by atoms with Gasteiger partial charge in [-0.05, 0) is 36.6 Å². The van der Waals surface area contributed by atoms with E-state index in [-0.39, 0.29) is 11.9 Å². The second kappa shape index (κ2) is 6.53. The van der Waals surface area contributed by atoms with E-state index < -0.39 is 6.04 Å². The van der Waals surface area contributed by atoms with Crippen LogP contribution in [0.2, 0.25) is 0 Å². The summed E-state index contributed by atoms with van der Waals surface area (Å²) >= 11 is 1.62. The second-order valence-corrected chi connectivity index (χ2v) is 8.40. The van der Waals surface area contributed by atoms with E-state index in [1.54, 1.807) is 28.2 Å². The summed E-state index contributed by atoms with van der Waals surface area (Å²) in [6, 6.07) is 16.5. The summed E-state index contributed by atoms with van der Waals surface area (Å²) in [7, 11) is 0. The van der Waals surface area contributed by atoms with E-state index in [0.717, 1.165) is 33.0 Å². The van der Waals surface area contributed by atoms with Gasteiger partial charge >= 0.3 is 0 Å². The highest BCUT2D eigenvalue weighted by molar-refractivity contribution is 7.10. The molecule has 0 amide bonds. The monoisotopic (exact) mass is 416 g/mol. The lowest BCUT2D eigenvalue weighted by molar-refractivity contribution is 0.226. The molecule has 0 aliphatic carbocycles. The molecule has 4 heterocycles. The van der Waals surface area contributed by atoms with E-state index in [1.165, 1.54) is 12.4 Å². The first-order valence-electron chi connectivity index (χ1n) is 9.67. The molecule has 0 unspecified atom stereocenters. The van der Waals surface area contributed by atoms with Crippen LogP contribution in [0.4, 0.5) is 10.3 Å². The number of rotatable bonds is 2. The fraction of sp³-hybridized carbons (Fsp3) is 0.130. The molecular weight excluding hydrogens is 399 g/mol. The fourth-order valence-corrected chi connectivity index (χ4v) is 5.03. The van der Waals surface area contributed by atoms with Crippen LogP contribution in [-0.2, 0) is 0 Å². The van der Waals surface area contributed by atoms with Crippen LogP contribution in [0, 0.1) is 12.7 Å². The highest BCUT2D eigenvalue weighted by Gasteiger charge is 2.42. The molecule has 148 valence electrons. The van der Waals surface area contributed by atoms with E-state index in [9.17, 15) is 0 Å². The largest absolute Gasteiger partial charge is 0.480 e. The predicted octanol–water partition coefficient (Wildman–Crippen LogP) is 5.35. The summed E-state index contributed by atoms with van der Waals surface area (Å²) in [4.78, 5) is 5.44. The van der Waals surface area contributed by atoms with Gasteiger partial charge in [0.25, 0.3) is 0 Å². The lowest BCUT2D eigenvalue weighted by Gasteiger charge is -2.38. The summed E-state index contributed by atoms with van der Waals surface area (Å²) in [5.74, 6) is 1.10. The van der Waals surface area contributed by atoms with Gasteiger partial charge in [0.05, 0.1) is 5.70 Å². The third kappa shape index (κ3) is 2.52. The maximum absolute atomic E-state index is 15.0. The van der Waals surface area contributed by atoms with Gasteiger partial charge in [0.1, 0.15) is 23.9 Å². The Bertz CT molecular complexity index is 1290. The molecular formula is C23H17FN4OS. The molecule has 0 fully saturated rings. The van der Waals surface area contributed by atoms with E-state index in [2.05, 4.69) is 27.5 Å². The Morgan fingerprint density at radius 2 is 2.03 bits per heavy atom. The Kier molecular flexibility index (Phi) is 3.79.